The summed E-state index contributed by atoms with van der Waals surface area (Å²) in [5.74, 6) is -0.146. The van der Waals surface area contributed by atoms with Gasteiger partial charge in [-0.2, -0.15) is 0 Å². The molecule has 30 heavy (non-hydrogen) atoms. The van der Waals surface area contributed by atoms with E-state index in [-0.39, 0.29) is 11.3 Å². The molecule has 0 saturated carbocycles. The molecule has 0 radical (unpaired) electrons. The number of para-hydroxylation sites is 2. The van der Waals surface area contributed by atoms with Crippen molar-refractivity contribution in [1.29, 1.82) is 0 Å². The molecule has 1 aromatic rings. The summed E-state index contributed by atoms with van der Waals surface area (Å²) in [4.78, 5) is 28.9. The molecule has 2 aliphatic heterocycles. The molecule has 0 atom stereocenters. The van der Waals surface area contributed by atoms with Crippen LogP contribution < -0.4 is 9.64 Å². The third kappa shape index (κ3) is 4.91. The normalized spacial score (nSPS) is 17.6. The van der Waals surface area contributed by atoms with Gasteiger partial charge in [0.2, 0.25) is 0 Å². The third-order valence-electron chi connectivity index (χ3n) is 5.33. The van der Waals surface area contributed by atoms with Crippen molar-refractivity contribution in [3.63, 3.8) is 0 Å². The van der Waals surface area contributed by atoms with Gasteiger partial charge in [-0.3, -0.25) is 0 Å². The number of anilines is 1. The Morgan fingerprint density at radius 1 is 1.03 bits per heavy atom. The van der Waals surface area contributed by atoms with Crippen LogP contribution in [0.1, 0.15) is 12.8 Å². The molecule has 1 aromatic carbocycles. The first-order valence-corrected chi connectivity index (χ1v) is 10.0. The number of piperidine rings is 1. The number of carbonyl (C=O) groups is 2. The first-order chi connectivity index (χ1) is 14.5. The van der Waals surface area contributed by atoms with Crippen molar-refractivity contribution in [3.05, 3.63) is 60.0 Å². The molecular weight excluding hydrogens is 384 g/mol. The molecule has 2 aliphatic rings. The second-order valence-electron chi connectivity index (χ2n) is 7.34. The number of allylic oxidation sites excluding steroid dienone is 2. The molecule has 0 amide bonds. The number of methoxy groups -OCH3 is 2. The number of carbonyl (C=O) groups excluding carboxylic acids is 2. The van der Waals surface area contributed by atoms with Crippen LogP contribution in [0.2, 0.25) is 0 Å². The Labute approximate surface area is 177 Å². The highest BCUT2D eigenvalue weighted by Crippen LogP contribution is 2.34. The summed E-state index contributed by atoms with van der Waals surface area (Å²) in [5, 5.41) is 0. The lowest BCUT2D eigenvalue weighted by Crippen LogP contribution is -2.32. The Bertz CT molecular complexity index is 866. The zero-order valence-electron chi connectivity index (χ0n) is 17.7. The molecule has 0 unspecified atom stereocenters. The summed E-state index contributed by atoms with van der Waals surface area (Å²) < 4.78 is 16.0. The van der Waals surface area contributed by atoms with Gasteiger partial charge in [0.25, 0.3) is 0 Å². The van der Waals surface area contributed by atoms with Crippen LogP contribution in [0.4, 0.5) is 5.69 Å². The van der Waals surface area contributed by atoms with Gasteiger partial charge < -0.3 is 24.0 Å². The molecule has 0 aromatic heterocycles. The molecule has 7 nitrogen and oxygen atoms in total. The van der Waals surface area contributed by atoms with E-state index >= 15 is 0 Å². The second-order valence-corrected chi connectivity index (χ2v) is 7.34. The highest BCUT2D eigenvalue weighted by atomic mass is 16.5. The average Bonchev–Trinajstić information content (AvgIpc) is 3.01. The van der Waals surface area contributed by atoms with Crippen molar-refractivity contribution in [2.45, 2.75) is 12.8 Å². The summed E-state index contributed by atoms with van der Waals surface area (Å²) in [6.07, 6.45) is 8.84. The molecule has 0 N–H and O–H groups in total. The Morgan fingerprint density at radius 2 is 1.73 bits per heavy atom. The van der Waals surface area contributed by atoms with Gasteiger partial charge in [0.1, 0.15) is 11.4 Å². The topological polar surface area (TPSA) is 68.3 Å². The lowest BCUT2D eigenvalue weighted by Gasteiger charge is -2.30. The minimum absolute atomic E-state index is 0.0738. The Morgan fingerprint density at radius 3 is 2.43 bits per heavy atom. The highest BCUT2D eigenvalue weighted by molar-refractivity contribution is 6.05. The maximum atomic E-state index is 12.6. The van der Waals surface area contributed by atoms with Gasteiger partial charge in [-0.15, -0.1) is 0 Å². The van der Waals surface area contributed by atoms with Crippen molar-refractivity contribution in [3.8, 4) is 5.75 Å². The number of benzene rings is 1. The zero-order chi connectivity index (χ0) is 21.5. The largest absolute Gasteiger partial charge is 0.491 e. The van der Waals surface area contributed by atoms with Crippen LogP contribution in [0.5, 0.6) is 5.75 Å². The predicted octanol–water partition coefficient (Wildman–Crippen LogP) is 2.90. The van der Waals surface area contributed by atoms with Gasteiger partial charge in [-0.1, -0.05) is 18.2 Å². The van der Waals surface area contributed by atoms with E-state index in [0.717, 1.165) is 25.9 Å². The van der Waals surface area contributed by atoms with Gasteiger partial charge >= 0.3 is 11.9 Å². The number of esters is 2. The van der Waals surface area contributed by atoms with E-state index < -0.39 is 11.9 Å². The molecule has 2 heterocycles. The quantitative estimate of drug-likeness (QED) is 0.666. The summed E-state index contributed by atoms with van der Waals surface area (Å²) in [6, 6.07) is 7.45. The number of ether oxygens (including phenoxy) is 3. The molecular formula is C23H28N2O5. The highest BCUT2D eigenvalue weighted by Gasteiger charge is 2.29. The monoisotopic (exact) mass is 412 g/mol. The molecule has 0 bridgehead atoms. The van der Waals surface area contributed by atoms with E-state index in [4.69, 9.17) is 14.2 Å². The van der Waals surface area contributed by atoms with Crippen molar-refractivity contribution in [1.82, 2.24) is 4.90 Å². The van der Waals surface area contributed by atoms with Gasteiger partial charge in [0, 0.05) is 6.20 Å². The summed E-state index contributed by atoms with van der Waals surface area (Å²) in [5.41, 5.74) is 0.830. The zero-order valence-corrected chi connectivity index (χ0v) is 17.7. The van der Waals surface area contributed by atoms with Crippen molar-refractivity contribution >= 4 is 17.6 Å². The standard InChI is InChI=1S/C23H28N2O5/c1-24-14-11-17(12-15-24)16-30-20-10-5-4-9-19(20)25-13-7-6-8-18(22(26)28-2)21(25)23(27)29-3/h4-10,13,17H,11-12,14-16H2,1-3H3. The van der Waals surface area contributed by atoms with Gasteiger partial charge in [0.15, 0.2) is 0 Å². The fourth-order valence-electron chi connectivity index (χ4n) is 3.57. The second kappa shape index (κ2) is 10.1. The number of hydrogen-bond acceptors (Lipinski definition) is 7. The minimum atomic E-state index is -0.642. The first kappa shape index (κ1) is 21.6. The average molecular weight is 412 g/mol. The molecule has 1 saturated heterocycles. The van der Waals surface area contributed by atoms with Gasteiger partial charge in [-0.25, -0.2) is 9.59 Å². The van der Waals surface area contributed by atoms with Crippen molar-refractivity contribution < 1.29 is 23.8 Å². The van der Waals surface area contributed by atoms with E-state index in [2.05, 4.69) is 11.9 Å². The maximum Gasteiger partial charge on any atom is 0.355 e. The molecule has 3 rings (SSSR count). The van der Waals surface area contributed by atoms with Crippen LogP contribution in [0.3, 0.4) is 0 Å². The van der Waals surface area contributed by atoms with E-state index in [1.54, 1.807) is 23.3 Å². The summed E-state index contributed by atoms with van der Waals surface area (Å²) >= 11 is 0. The fraction of sp³-hybridized carbons (Fsp3) is 0.391. The van der Waals surface area contributed by atoms with Crippen LogP contribution in [0, 0.1) is 5.92 Å². The maximum absolute atomic E-state index is 12.6. The van der Waals surface area contributed by atoms with Gasteiger partial charge in [0.05, 0.1) is 32.1 Å². The van der Waals surface area contributed by atoms with Gasteiger partial charge in [-0.05, 0) is 63.2 Å². The first-order valence-electron chi connectivity index (χ1n) is 10.0. The Balaban J connectivity index is 1.93. The van der Waals surface area contributed by atoms with Crippen molar-refractivity contribution in [2.24, 2.45) is 5.92 Å². The van der Waals surface area contributed by atoms with E-state index in [9.17, 15) is 9.59 Å². The molecule has 7 heteroatoms. The van der Waals surface area contributed by atoms with Crippen LogP contribution in [-0.2, 0) is 19.1 Å². The number of hydrogen-bond donors (Lipinski definition) is 0. The lowest BCUT2D eigenvalue weighted by molar-refractivity contribution is -0.139. The van der Waals surface area contributed by atoms with E-state index in [0.29, 0.717) is 24.0 Å². The summed E-state index contributed by atoms with van der Waals surface area (Å²) in [7, 11) is 4.69. The smallest absolute Gasteiger partial charge is 0.355 e. The number of rotatable bonds is 6. The van der Waals surface area contributed by atoms with Crippen LogP contribution in [0.15, 0.2) is 60.0 Å². The molecule has 0 aliphatic carbocycles. The number of nitrogens with zero attached hydrogens (tertiary/aromatic N) is 2. The van der Waals surface area contributed by atoms with Crippen LogP contribution in [0.25, 0.3) is 0 Å². The summed E-state index contributed by atoms with van der Waals surface area (Å²) in [6.45, 7) is 2.73. The van der Waals surface area contributed by atoms with E-state index in [1.807, 2.05) is 24.3 Å². The van der Waals surface area contributed by atoms with Crippen LogP contribution >= 0.6 is 0 Å². The minimum Gasteiger partial charge on any atom is -0.491 e. The lowest BCUT2D eigenvalue weighted by atomic mass is 9.98. The number of likely N-dealkylation sites (tertiary alicyclic amines) is 1. The third-order valence-corrected chi connectivity index (χ3v) is 5.33. The fourth-order valence-corrected chi connectivity index (χ4v) is 3.57. The molecule has 1 fully saturated rings. The van der Waals surface area contributed by atoms with Crippen LogP contribution in [-0.4, -0.2) is 57.8 Å². The Kier molecular flexibility index (Phi) is 7.30. The Hall–Kier alpha value is -3.06. The van der Waals surface area contributed by atoms with E-state index in [1.165, 1.54) is 20.3 Å². The molecule has 160 valence electrons. The molecule has 0 spiro atoms. The SMILES string of the molecule is COC(=O)C1=C(C(=O)OC)N(c2ccccc2OCC2CCN(C)CC2)C=CC=C1. The predicted molar refractivity (Wildman–Crippen MR) is 114 cm³/mol. The van der Waals surface area contributed by atoms with Crippen molar-refractivity contribution in [2.75, 3.05) is 45.9 Å².